The van der Waals surface area contributed by atoms with Gasteiger partial charge in [-0.3, -0.25) is 0 Å². The summed E-state index contributed by atoms with van der Waals surface area (Å²) in [6.07, 6.45) is 0.177. The Morgan fingerprint density at radius 2 is 2.00 bits per heavy atom. The van der Waals surface area contributed by atoms with Crippen LogP contribution in [0.4, 0.5) is 0 Å². The largest absolute Gasteiger partial charge is 0.378 e. The summed E-state index contributed by atoms with van der Waals surface area (Å²) in [5.41, 5.74) is -0.00917. The Bertz CT molecular complexity index is 104. The van der Waals surface area contributed by atoms with Crippen LogP contribution in [0.2, 0.25) is 0 Å². The van der Waals surface area contributed by atoms with E-state index in [1.807, 2.05) is 13.8 Å². The Hall–Kier alpha value is -0.120. The third-order valence-electron chi connectivity index (χ3n) is 1.97. The molecule has 0 aromatic heterocycles. The van der Waals surface area contributed by atoms with E-state index in [1.54, 1.807) is 0 Å². The lowest BCUT2D eigenvalue weighted by molar-refractivity contribution is -0.0528. The first-order valence-electron chi connectivity index (χ1n) is 3.98. The molecule has 0 aromatic carbocycles. The van der Waals surface area contributed by atoms with Crippen LogP contribution < -0.4 is 5.90 Å². The molecule has 0 spiro atoms. The lowest BCUT2D eigenvalue weighted by atomic mass is 9.88. The van der Waals surface area contributed by atoms with Gasteiger partial charge in [0.05, 0.1) is 12.7 Å². The van der Waals surface area contributed by atoms with E-state index < -0.39 is 0 Å². The van der Waals surface area contributed by atoms with E-state index in [4.69, 9.17) is 10.6 Å². The summed E-state index contributed by atoms with van der Waals surface area (Å²) in [4.78, 5) is 4.59. The van der Waals surface area contributed by atoms with E-state index in [2.05, 4.69) is 18.7 Å². The van der Waals surface area contributed by atoms with Crippen molar-refractivity contribution in [3.8, 4) is 0 Å². The summed E-state index contributed by atoms with van der Waals surface area (Å²) >= 11 is 0. The normalized spacial score (nSPS) is 15.0. The predicted molar refractivity (Wildman–Crippen MR) is 45.0 cm³/mol. The average molecular weight is 161 g/mol. The maximum atomic E-state index is 5.42. The van der Waals surface area contributed by atoms with Gasteiger partial charge >= 0.3 is 0 Å². The third-order valence-corrected chi connectivity index (χ3v) is 1.97. The van der Waals surface area contributed by atoms with Crippen LogP contribution in [0.25, 0.3) is 0 Å². The lowest BCUT2D eigenvalue weighted by Gasteiger charge is -2.30. The van der Waals surface area contributed by atoms with Crippen LogP contribution in [0, 0.1) is 5.41 Å². The molecule has 2 N–H and O–H groups in total. The Balaban J connectivity index is 3.83. The van der Waals surface area contributed by atoms with Gasteiger partial charge in [0.15, 0.2) is 0 Å². The van der Waals surface area contributed by atoms with Gasteiger partial charge in [0.1, 0.15) is 0 Å². The van der Waals surface area contributed by atoms with Gasteiger partial charge in [-0.1, -0.05) is 13.8 Å². The van der Waals surface area contributed by atoms with Gasteiger partial charge in [0.25, 0.3) is 0 Å². The summed E-state index contributed by atoms with van der Waals surface area (Å²) in [7, 11) is 0. The van der Waals surface area contributed by atoms with Crippen molar-refractivity contribution in [2.75, 3.05) is 13.2 Å². The van der Waals surface area contributed by atoms with Crippen molar-refractivity contribution >= 4 is 0 Å². The quantitative estimate of drug-likeness (QED) is 0.619. The van der Waals surface area contributed by atoms with Gasteiger partial charge in [0.2, 0.25) is 0 Å². The fourth-order valence-electron chi connectivity index (χ4n) is 0.808. The van der Waals surface area contributed by atoms with Crippen molar-refractivity contribution in [1.82, 2.24) is 0 Å². The summed E-state index contributed by atoms with van der Waals surface area (Å²) in [6, 6.07) is 0. The van der Waals surface area contributed by atoms with E-state index in [-0.39, 0.29) is 11.5 Å². The lowest BCUT2D eigenvalue weighted by Crippen LogP contribution is -2.34. The Labute approximate surface area is 68.8 Å². The first-order chi connectivity index (χ1) is 5.04. The maximum Gasteiger partial charge on any atom is 0.0754 e. The zero-order chi connectivity index (χ0) is 8.91. The second kappa shape index (κ2) is 4.70. The zero-order valence-electron chi connectivity index (χ0n) is 7.89. The summed E-state index contributed by atoms with van der Waals surface area (Å²) in [6.45, 7) is 9.40. The van der Waals surface area contributed by atoms with Crippen molar-refractivity contribution in [3.63, 3.8) is 0 Å². The highest BCUT2D eigenvalue weighted by Crippen LogP contribution is 2.22. The van der Waals surface area contributed by atoms with Crippen molar-refractivity contribution in [2.45, 2.75) is 33.8 Å². The molecular weight excluding hydrogens is 142 g/mol. The highest BCUT2D eigenvalue weighted by Gasteiger charge is 2.26. The molecule has 0 saturated heterocycles. The van der Waals surface area contributed by atoms with E-state index in [9.17, 15) is 0 Å². The van der Waals surface area contributed by atoms with E-state index >= 15 is 0 Å². The number of hydrogen-bond donors (Lipinski definition) is 1. The first kappa shape index (κ1) is 10.9. The molecule has 0 heterocycles. The molecule has 0 saturated carbocycles. The van der Waals surface area contributed by atoms with Crippen LogP contribution in [-0.2, 0) is 9.57 Å². The monoisotopic (exact) mass is 161 g/mol. The fourth-order valence-corrected chi connectivity index (χ4v) is 0.808. The molecule has 3 heteroatoms. The van der Waals surface area contributed by atoms with Crippen molar-refractivity contribution in [2.24, 2.45) is 11.3 Å². The minimum atomic E-state index is -0.00917. The highest BCUT2D eigenvalue weighted by molar-refractivity contribution is 4.74. The second-order valence-electron chi connectivity index (χ2n) is 3.40. The molecule has 1 atom stereocenters. The van der Waals surface area contributed by atoms with Crippen LogP contribution in [0.5, 0.6) is 0 Å². The molecule has 0 aliphatic rings. The molecule has 0 aliphatic heterocycles. The number of rotatable bonds is 5. The molecule has 1 unspecified atom stereocenters. The van der Waals surface area contributed by atoms with Crippen molar-refractivity contribution in [1.29, 1.82) is 0 Å². The van der Waals surface area contributed by atoms with Gasteiger partial charge in [-0.15, -0.1) is 0 Å². The summed E-state index contributed by atoms with van der Waals surface area (Å²) < 4.78 is 5.42. The molecule has 0 fully saturated rings. The van der Waals surface area contributed by atoms with Crippen LogP contribution >= 0.6 is 0 Å². The predicted octanol–water partition coefficient (Wildman–Crippen LogP) is 1.33. The number of ether oxygens (including phenoxy) is 1. The summed E-state index contributed by atoms with van der Waals surface area (Å²) in [5.74, 6) is 4.99. The number of hydrogen-bond acceptors (Lipinski definition) is 3. The molecule has 0 rings (SSSR count). The summed E-state index contributed by atoms with van der Waals surface area (Å²) in [5, 5.41) is 0. The van der Waals surface area contributed by atoms with Crippen LogP contribution in [0.15, 0.2) is 0 Å². The standard InChI is InChI=1S/C8H19NO2/c1-5-10-7(2)8(3,4)6-11-9/h7H,5-6,9H2,1-4H3. The maximum absolute atomic E-state index is 5.42. The van der Waals surface area contributed by atoms with Gasteiger partial charge in [-0.2, -0.15) is 0 Å². The Morgan fingerprint density at radius 3 is 2.36 bits per heavy atom. The molecule has 68 valence electrons. The zero-order valence-corrected chi connectivity index (χ0v) is 7.89. The van der Waals surface area contributed by atoms with E-state index in [0.717, 1.165) is 6.61 Å². The molecule has 0 bridgehead atoms. The fraction of sp³-hybridized carbons (Fsp3) is 1.00. The van der Waals surface area contributed by atoms with Crippen molar-refractivity contribution < 1.29 is 9.57 Å². The molecule has 0 amide bonds. The first-order valence-corrected chi connectivity index (χ1v) is 3.98. The smallest absolute Gasteiger partial charge is 0.0754 e. The second-order valence-corrected chi connectivity index (χ2v) is 3.40. The topological polar surface area (TPSA) is 44.5 Å². The van der Waals surface area contributed by atoms with E-state index in [0.29, 0.717) is 6.61 Å². The van der Waals surface area contributed by atoms with Crippen LogP contribution in [0.3, 0.4) is 0 Å². The molecule has 0 radical (unpaired) electrons. The molecule has 0 aliphatic carbocycles. The molecule has 3 nitrogen and oxygen atoms in total. The molecular formula is C8H19NO2. The number of nitrogens with two attached hydrogens (primary N) is 1. The molecule has 0 aromatic rings. The minimum absolute atomic E-state index is 0.00917. The highest BCUT2D eigenvalue weighted by atomic mass is 16.6. The van der Waals surface area contributed by atoms with Crippen LogP contribution in [-0.4, -0.2) is 19.3 Å². The minimum Gasteiger partial charge on any atom is -0.378 e. The molecule has 11 heavy (non-hydrogen) atoms. The van der Waals surface area contributed by atoms with E-state index in [1.165, 1.54) is 0 Å². The Morgan fingerprint density at radius 1 is 1.45 bits per heavy atom. The third kappa shape index (κ3) is 3.70. The van der Waals surface area contributed by atoms with Gasteiger partial charge < -0.3 is 9.57 Å². The van der Waals surface area contributed by atoms with Gasteiger partial charge in [-0.25, -0.2) is 5.90 Å². The van der Waals surface area contributed by atoms with Crippen molar-refractivity contribution in [3.05, 3.63) is 0 Å². The van der Waals surface area contributed by atoms with Gasteiger partial charge in [0, 0.05) is 12.0 Å². The van der Waals surface area contributed by atoms with Crippen LogP contribution in [0.1, 0.15) is 27.7 Å². The average Bonchev–Trinajstić information content (AvgIpc) is 1.88. The van der Waals surface area contributed by atoms with Gasteiger partial charge in [-0.05, 0) is 13.8 Å². The SMILES string of the molecule is CCOC(C)C(C)(C)CON. The Kier molecular flexibility index (Phi) is 4.65.